The molecule has 0 unspecified atom stereocenters. The second-order valence-corrected chi connectivity index (χ2v) is 6.21. The van der Waals surface area contributed by atoms with Gasteiger partial charge in [0.05, 0.1) is 5.56 Å². The largest absolute Gasteiger partial charge is 0.484 e. The number of halogens is 7. The van der Waals surface area contributed by atoms with E-state index < -0.39 is 47.5 Å². The van der Waals surface area contributed by atoms with Crippen molar-refractivity contribution in [1.29, 1.82) is 0 Å². The Hall–Kier alpha value is -1.64. The number of ether oxygens (including phenoxy) is 2. The van der Waals surface area contributed by atoms with E-state index in [-0.39, 0.29) is 5.75 Å². The highest BCUT2D eigenvalue weighted by molar-refractivity contribution is 6.37. The van der Waals surface area contributed by atoms with Crippen LogP contribution in [-0.4, -0.2) is 36.2 Å². The van der Waals surface area contributed by atoms with E-state index in [0.717, 1.165) is 18.2 Å². The lowest BCUT2D eigenvalue weighted by Crippen LogP contribution is -2.27. The summed E-state index contributed by atoms with van der Waals surface area (Å²) in [5.74, 6) is -1.62. The number of carbonyl (C=O) groups excluding carboxylic acids is 1. The van der Waals surface area contributed by atoms with Gasteiger partial charge in [0.2, 0.25) is 0 Å². The van der Waals surface area contributed by atoms with Crippen molar-refractivity contribution in [2.45, 2.75) is 31.1 Å². The van der Waals surface area contributed by atoms with Gasteiger partial charge in [-0.25, -0.2) is 0 Å². The van der Waals surface area contributed by atoms with Crippen molar-refractivity contribution >= 4 is 17.4 Å². The minimum absolute atomic E-state index is 0.351. The monoisotopic (exact) mass is 378 g/mol. The second-order valence-electron chi connectivity index (χ2n) is 5.27. The lowest BCUT2D eigenvalue weighted by atomic mass is 9.99. The Kier molecular flexibility index (Phi) is 6.02. The third-order valence-electron chi connectivity index (χ3n) is 2.53. The summed E-state index contributed by atoms with van der Waals surface area (Å²) in [5.41, 5.74) is -0.404. The zero-order chi connectivity index (χ0) is 18.8. The smallest absolute Gasteiger partial charge is 0.422 e. The SMILES string of the molecule is CC(C)(Cl)C(=O)c1cc(OCC(F)(F)F)ccc1OCC(F)(F)F. The van der Waals surface area contributed by atoms with Gasteiger partial charge in [-0.3, -0.25) is 4.79 Å². The zero-order valence-corrected chi connectivity index (χ0v) is 13.3. The number of carbonyl (C=O) groups is 1. The molecular formula is C14H13ClF6O3. The van der Waals surface area contributed by atoms with Crippen molar-refractivity contribution in [3.63, 3.8) is 0 Å². The predicted octanol–water partition coefficient (Wildman–Crippen LogP) is 4.77. The van der Waals surface area contributed by atoms with E-state index in [9.17, 15) is 31.1 Å². The number of alkyl halides is 7. The van der Waals surface area contributed by atoms with Crippen LogP contribution in [0.5, 0.6) is 11.5 Å². The van der Waals surface area contributed by atoms with Gasteiger partial charge in [0.25, 0.3) is 0 Å². The third kappa shape index (κ3) is 6.86. The van der Waals surface area contributed by atoms with Gasteiger partial charge >= 0.3 is 12.4 Å². The highest BCUT2D eigenvalue weighted by Gasteiger charge is 2.33. The lowest BCUT2D eigenvalue weighted by molar-refractivity contribution is -0.154. The molecular weight excluding hydrogens is 366 g/mol. The lowest BCUT2D eigenvalue weighted by Gasteiger charge is -2.19. The van der Waals surface area contributed by atoms with Crippen LogP contribution in [-0.2, 0) is 0 Å². The van der Waals surface area contributed by atoms with Gasteiger partial charge in [-0.2, -0.15) is 26.3 Å². The molecule has 136 valence electrons. The van der Waals surface area contributed by atoms with Crippen LogP contribution in [0.1, 0.15) is 24.2 Å². The maximum absolute atomic E-state index is 12.3. The molecule has 0 aliphatic carbocycles. The van der Waals surface area contributed by atoms with Crippen LogP contribution in [0.3, 0.4) is 0 Å². The number of ketones is 1. The van der Waals surface area contributed by atoms with Gasteiger partial charge in [0, 0.05) is 0 Å². The van der Waals surface area contributed by atoms with Crippen molar-refractivity contribution < 1.29 is 40.6 Å². The first-order valence-electron chi connectivity index (χ1n) is 6.46. The van der Waals surface area contributed by atoms with E-state index in [1.807, 2.05) is 0 Å². The molecule has 0 bridgehead atoms. The predicted molar refractivity (Wildman–Crippen MR) is 73.8 cm³/mol. The number of Topliss-reactive ketones (excluding diaryl/α,β-unsaturated/α-hetero) is 1. The summed E-state index contributed by atoms with van der Waals surface area (Å²) in [6.07, 6.45) is -9.26. The van der Waals surface area contributed by atoms with E-state index in [2.05, 4.69) is 9.47 Å². The molecule has 24 heavy (non-hydrogen) atoms. The summed E-state index contributed by atoms with van der Waals surface area (Å²) in [6.45, 7) is -0.715. The Bertz CT molecular complexity index is 590. The van der Waals surface area contributed by atoms with Crippen LogP contribution in [0, 0.1) is 0 Å². The minimum atomic E-state index is -4.65. The molecule has 0 N–H and O–H groups in total. The number of benzene rings is 1. The molecule has 3 nitrogen and oxygen atoms in total. The fraction of sp³-hybridized carbons (Fsp3) is 0.500. The summed E-state index contributed by atoms with van der Waals surface area (Å²) in [5, 5.41) is 0. The van der Waals surface area contributed by atoms with Gasteiger partial charge in [0.15, 0.2) is 19.0 Å². The number of hydrogen-bond acceptors (Lipinski definition) is 3. The molecule has 1 aromatic carbocycles. The van der Waals surface area contributed by atoms with Crippen LogP contribution >= 0.6 is 11.6 Å². The Balaban J connectivity index is 3.12. The van der Waals surface area contributed by atoms with Crippen LogP contribution < -0.4 is 9.47 Å². The van der Waals surface area contributed by atoms with E-state index in [1.165, 1.54) is 13.8 Å². The van der Waals surface area contributed by atoms with Gasteiger partial charge in [0.1, 0.15) is 16.4 Å². The Labute approximate surface area is 138 Å². The molecule has 1 aromatic rings. The number of rotatable bonds is 6. The zero-order valence-electron chi connectivity index (χ0n) is 12.5. The van der Waals surface area contributed by atoms with E-state index in [0.29, 0.717) is 0 Å². The number of hydrogen-bond donors (Lipinski definition) is 0. The molecule has 1 rings (SSSR count). The Morgan fingerprint density at radius 2 is 1.50 bits per heavy atom. The highest BCUT2D eigenvalue weighted by atomic mass is 35.5. The van der Waals surface area contributed by atoms with Crippen molar-refractivity contribution in [2.24, 2.45) is 0 Å². The summed E-state index contributed by atoms with van der Waals surface area (Å²) in [7, 11) is 0. The van der Waals surface area contributed by atoms with Crippen LogP contribution in [0.25, 0.3) is 0 Å². The summed E-state index contributed by atoms with van der Waals surface area (Å²) >= 11 is 5.83. The second kappa shape index (κ2) is 7.08. The molecule has 0 atom stereocenters. The topological polar surface area (TPSA) is 35.5 Å². The molecule has 0 fully saturated rings. The average molecular weight is 379 g/mol. The van der Waals surface area contributed by atoms with E-state index in [1.54, 1.807) is 0 Å². The molecule has 0 aliphatic heterocycles. The normalized spacial score (nSPS) is 12.9. The molecule has 10 heteroatoms. The van der Waals surface area contributed by atoms with Crippen molar-refractivity contribution in [3.8, 4) is 11.5 Å². The summed E-state index contributed by atoms with van der Waals surface area (Å²) in [4.78, 5) is 10.7. The molecule has 0 radical (unpaired) electrons. The molecule has 0 aromatic heterocycles. The van der Waals surface area contributed by atoms with E-state index >= 15 is 0 Å². The highest BCUT2D eigenvalue weighted by Crippen LogP contribution is 2.32. The quantitative estimate of drug-likeness (QED) is 0.406. The molecule has 0 spiro atoms. The van der Waals surface area contributed by atoms with Gasteiger partial charge in [-0.15, -0.1) is 11.6 Å². The van der Waals surface area contributed by atoms with Crippen LogP contribution in [0.2, 0.25) is 0 Å². The first kappa shape index (κ1) is 20.4. The standard InChI is InChI=1S/C14H13ClF6O3/c1-12(2,15)11(22)9-5-8(23-6-13(16,17)18)3-4-10(9)24-7-14(19,20)21/h3-5H,6-7H2,1-2H3. The van der Waals surface area contributed by atoms with Crippen molar-refractivity contribution in [3.05, 3.63) is 23.8 Å². The Morgan fingerprint density at radius 3 is 1.96 bits per heavy atom. The minimum Gasteiger partial charge on any atom is -0.484 e. The first-order valence-corrected chi connectivity index (χ1v) is 6.84. The Morgan fingerprint density at radius 1 is 1.00 bits per heavy atom. The van der Waals surface area contributed by atoms with Crippen LogP contribution in [0.4, 0.5) is 26.3 Å². The van der Waals surface area contributed by atoms with Gasteiger partial charge in [-0.1, -0.05) is 0 Å². The van der Waals surface area contributed by atoms with Gasteiger partial charge < -0.3 is 9.47 Å². The molecule has 0 heterocycles. The van der Waals surface area contributed by atoms with Crippen molar-refractivity contribution in [1.82, 2.24) is 0 Å². The summed E-state index contributed by atoms with van der Waals surface area (Å²) in [6, 6.07) is 2.76. The molecule has 0 amide bonds. The van der Waals surface area contributed by atoms with Crippen LogP contribution in [0.15, 0.2) is 18.2 Å². The maximum Gasteiger partial charge on any atom is 0.422 e. The van der Waals surface area contributed by atoms with E-state index in [4.69, 9.17) is 11.6 Å². The van der Waals surface area contributed by atoms with Crippen molar-refractivity contribution in [2.75, 3.05) is 13.2 Å². The van der Waals surface area contributed by atoms with Gasteiger partial charge in [-0.05, 0) is 32.0 Å². The maximum atomic E-state index is 12.3. The fourth-order valence-electron chi connectivity index (χ4n) is 1.55. The summed E-state index contributed by atoms with van der Waals surface area (Å²) < 4.78 is 82.2. The average Bonchev–Trinajstić information content (AvgIpc) is 2.39. The molecule has 0 saturated carbocycles. The third-order valence-corrected chi connectivity index (χ3v) is 2.70. The first-order chi connectivity index (χ1) is 10.7. The molecule has 0 saturated heterocycles. The fourth-order valence-corrected chi connectivity index (χ4v) is 1.65. The molecule has 0 aliphatic rings.